The minimum Gasteiger partial charge on any atom is -0.379 e. The third-order valence-corrected chi connectivity index (χ3v) is 4.65. The van der Waals surface area contributed by atoms with Crippen LogP contribution in [0.1, 0.15) is 39.2 Å². The fourth-order valence-electron chi connectivity index (χ4n) is 3.27. The van der Waals surface area contributed by atoms with E-state index in [4.69, 9.17) is 0 Å². The van der Waals surface area contributed by atoms with Gasteiger partial charge in [-0.1, -0.05) is 48.9 Å². The lowest BCUT2D eigenvalue weighted by Gasteiger charge is -2.35. The molecule has 0 radical (unpaired) electrons. The van der Waals surface area contributed by atoms with E-state index < -0.39 is 0 Å². The Bertz CT molecular complexity index is 663. The summed E-state index contributed by atoms with van der Waals surface area (Å²) in [4.78, 5) is 0. The van der Waals surface area contributed by atoms with Gasteiger partial charge >= 0.3 is 0 Å². The molecule has 0 bridgehead atoms. The summed E-state index contributed by atoms with van der Waals surface area (Å²) in [7, 11) is 0. The third kappa shape index (κ3) is 2.22. The Morgan fingerprint density at radius 2 is 1.95 bits per heavy atom. The van der Waals surface area contributed by atoms with Gasteiger partial charge < -0.3 is 5.32 Å². The van der Waals surface area contributed by atoms with Gasteiger partial charge in [-0.2, -0.15) is 0 Å². The second-order valence-electron chi connectivity index (χ2n) is 6.16. The number of benzene rings is 2. The van der Waals surface area contributed by atoms with Crippen molar-refractivity contribution in [2.45, 2.75) is 45.6 Å². The van der Waals surface area contributed by atoms with Crippen LogP contribution in [0.5, 0.6) is 0 Å². The maximum absolute atomic E-state index is 3.81. The van der Waals surface area contributed by atoms with Crippen LogP contribution < -0.4 is 5.32 Å². The Kier molecular flexibility index (Phi) is 3.29. The fourth-order valence-corrected chi connectivity index (χ4v) is 3.27. The zero-order chi connectivity index (χ0) is 14.2. The molecule has 1 heteroatoms. The highest BCUT2D eigenvalue weighted by Gasteiger charge is 2.26. The molecule has 104 valence electrons. The summed E-state index contributed by atoms with van der Waals surface area (Å²) in [6.07, 6.45) is 5.61. The standard InChI is InChI=1S/C19H23N/c1-4-14-12-16-10-6-8-15-9-7-11-17(18(15)16)20-19(3,5-2)13-14/h4,6-11,20H,5,12-13H2,1-3H3/b14-4-. The van der Waals surface area contributed by atoms with Gasteiger partial charge in [-0.05, 0) is 50.1 Å². The van der Waals surface area contributed by atoms with Gasteiger partial charge in [0.05, 0.1) is 0 Å². The second-order valence-corrected chi connectivity index (χ2v) is 6.16. The molecule has 1 aliphatic rings. The van der Waals surface area contributed by atoms with Gasteiger partial charge in [0.1, 0.15) is 0 Å². The quantitative estimate of drug-likeness (QED) is 0.689. The molecule has 1 nitrogen and oxygen atoms in total. The Morgan fingerprint density at radius 3 is 2.65 bits per heavy atom. The average Bonchev–Trinajstić information content (AvgIpc) is 2.45. The molecular formula is C19H23N. The molecule has 20 heavy (non-hydrogen) atoms. The molecule has 0 aliphatic carbocycles. The lowest BCUT2D eigenvalue weighted by molar-refractivity contribution is 0.485. The van der Waals surface area contributed by atoms with Crippen molar-refractivity contribution < 1.29 is 0 Å². The summed E-state index contributed by atoms with van der Waals surface area (Å²) in [5, 5.41) is 6.55. The van der Waals surface area contributed by atoms with Gasteiger partial charge in [0, 0.05) is 16.6 Å². The molecule has 1 unspecified atom stereocenters. The largest absolute Gasteiger partial charge is 0.379 e. The summed E-state index contributed by atoms with van der Waals surface area (Å²) in [5.74, 6) is 0. The molecule has 1 N–H and O–H groups in total. The highest BCUT2D eigenvalue weighted by molar-refractivity contribution is 5.97. The second kappa shape index (κ2) is 4.97. The molecule has 3 rings (SSSR count). The third-order valence-electron chi connectivity index (χ3n) is 4.65. The predicted molar refractivity (Wildman–Crippen MR) is 88.3 cm³/mol. The Hall–Kier alpha value is -1.76. The van der Waals surface area contributed by atoms with E-state index in [1.807, 2.05) is 0 Å². The predicted octanol–water partition coefficient (Wildman–Crippen LogP) is 5.31. The smallest absolute Gasteiger partial charge is 0.0427 e. The molecule has 1 aliphatic heterocycles. The lowest BCUT2D eigenvalue weighted by atomic mass is 9.83. The molecular weight excluding hydrogens is 242 g/mol. The SMILES string of the molecule is C/C=C1/Cc2cccc3cccc(c23)NC(C)(CC)C1. The first kappa shape index (κ1) is 13.2. The summed E-state index contributed by atoms with van der Waals surface area (Å²) in [6, 6.07) is 13.2. The summed E-state index contributed by atoms with van der Waals surface area (Å²) in [6.45, 7) is 6.77. The summed E-state index contributed by atoms with van der Waals surface area (Å²) in [5.41, 5.74) is 4.40. The van der Waals surface area contributed by atoms with E-state index in [2.05, 4.69) is 68.6 Å². The molecule has 2 aromatic carbocycles. The van der Waals surface area contributed by atoms with Gasteiger partial charge in [0.2, 0.25) is 0 Å². The number of hydrogen-bond donors (Lipinski definition) is 1. The lowest BCUT2D eigenvalue weighted by Crippen LogP contribution is -2.35. The van der Waals surface area contributed by atoms with Gasteiger partial charge in [-0.25, -0.2) is 0 Å². The number of anilines is 1. The van der Waals surface area contributed by atoms with Gasteiger partial charge in [-0.15, -0.1) is 0 Å². The molecule has 1 atom stereocenters. The van der Waals surface area contributed by atoms with Crippen molar-refractivity contribution in [1.29, 1.82) is 0 Å². The van der Waals surface area contributed by atoms with Crippen LogP contribution in [0.15, 0.2) is 48.0 Å². The number of hydrogen-bond acceptors (Lipinski definition) is 1. The molecule has 0 saturated carbocycles. The van der Waals surface area contributed by atoms with Crippen molar-refractivity contribution in [3.63, 3.8) is 0 Å². The van der Waals surface area contributed by atoms with Crippen LogP contribution in [0.3, 0.4) is 0 Å². The Morgan fingerprint density at radius 1 is 1.20 bits per heavy atom. The van der Waals surface area contributed by atoms with Crippen LogP contribution in [0.2, 0.25) is 0 Å². The number of rotatable bonds is 1. The topological polar surface area (TPSA) is 12.0 Å². The van der Waals surface area contributed by atoms with E-state index >= 15 is 0 Å². The maximum atomic E-state index is 3.81. The normalized spacial score (nSPS) is 24.2. The monoisotopic (exact) mass is 265 g/mol. The number of nitrogens with one attached hydrogen (secondary N) is 1. The van der Waals surface area contributed by atoms with Crippen molar-refractivity contribution in [1.82, 2.24) is 0 Å². The van der Waals surface area contributed by atoms with Crippen molar-refractivity contribution in [3.8, 4) is 0 Å². The van der Waals surface area contributed by atoms with Crippen LogP contribution in [0, 0.1) is 0 Å². The van der Waals surface area contributed by atoms with Gasteiger partial charge in [0.25, 0.3) is 0 Å². The first-order valence-corrected chi connectivity index (χ1v) is 7.58. The summed E-state index contributed by atoms with van der Waals surface area (Å²) < 4.78 is 0. The van der Waals surface area contributed by atoms with Crippen LogP contribution in [0.4, 0.5) is 5.69 Å². The van der Waals surface area contributed by atoms with Crippen molar-refractivity contribution in [3.05, 3.63) is 53.6 Å². The first-order valence-electron chi connectivity index (χ1n) is 7.58. The van der Waals surface area contributed by atoms with Crippen LogP contribution >= 0.6 is 0 Å². The van der Waals surface area contributed by atoms with Crippen molar-refractivity contribution in [2.24, 2.45) is 0 Å². The van der Waals surface area contributed by atoms with Gasteiger partial charge in [0.15, 0.2) is 0 Å². The highest BCUT2D eigenvalue weighted by Crippen LogP contribution is 2.36. The van der Waals surface area contributed by atoms with Gasteiger partial charge in [-0.3, -0.25) is 0 Å². The Balaban J connectivity index is 2.26. The Labute approximate surface area is 121 Å². The molecule has 0 amide bonds. The minimum absolute atomic E-state index is 0.143. The highest BCUT2D eigenvalue weighted by atomic mass is 15.0. The van der Waals surface area contributed by atoms with Crippen molar-refractivity contribution >= 4 is 16.5 Å². The zero-order valence-electron chi connectivity index (χ0n) is 12.7. The maximum Gasteiger partial charge on any atom is 0.0427 e. The molecule has 0 spiro atoms. The van der Waals surface area contributed by atoms with Crippen LogP contribution in [-0.4, -0.2) is 5.54 Å². The molecule has 0 fully saturated rings. The minimum atomic E-state index is 0.143. The summed E-state index contributed by atoms with van der Waals surface area (Å²) >= 11 is 0. The van der Waals surface area contributed by atoms with Crippen LogP contribution in [0.25, 0.3) is 10.8 Å². The molecule has 1 heterocycles. The zero-order valence-corrected chi connectivity index (χ0v) is 12.7. The molecule has 0 saturated heterocycles. The van der Waals surface area contributed by atoms with E-state index in [9.17, 15) is 0 Å². The van der Waals surface area contributed by atoms with E-state index in [0.717, 1.165) is 19.3 Å². The van der Waals surface area contributed by atoms with E-state index in [1.54, 1.807) is 0 Å². The molecule has 0 aromatic heterocycles. The van der Waals surface area contributed by atoms with Crippen molar-refractivity contribution in [2.75, 3.05) is 5.32 Å². The fraction of sp³-hybridized carbons (Fsp3) is 0.368. The van der Waals surface area contributed by atoms with E-state index in [0.29, 0.717) is 0 Å². The van der Waals surface area contributed by atoms with E-state index in [1.165, 1.54) is 27.6 Å². The van der Waals surface area contributed by atoms with Crippen LogP contribution in [-0.2, 0) is 6.42 Å². The van der Waals surface area contributed by atoms with E-state index in [-0.39, 0.29) is 5.54 Å². The first-order chi connectivity index (χ1) is 9.65. The average molecular weight is 265 g/mol. The molecule has 2 aromatic rings. The number of allylic oxidation sites excluding steroid dienone is 1.